The molecule has 180 valence electrons. The molecule has 0 aliphatic carbocycles. The van der Waals surface area contributed by atoms with E-state index in [1.807, 2.05) is 0 Å². The molecule has 9 nitrogen and oxygen atoms in total. The van der Waals surface area contributed by atoms with Crippen LogP contribution in [0.5, 0.6) is 5.75 Å². The molecule has 0 unspecified atom stereocenters. The van der Waals surface area contributed by atoms with E-state index in [1.54, 1.807) is 29.8 Å². The van der Waals surface area contributed by atoms with Gasteiger partial charge in [-0.15, -0.1) is 13.2 Å². The molecule has 2 heterocycles. The number of alkyl halides is 3. The van der Waals surface area contributed by atoms with E-state index in [-0.39, 0.29) is 24.9 Å². The molecule has 2 aromatic carbocycles. The van der Waals surface area contributed by atoms with E-state index in [0.717, 1.165) is 11.3 Å². The number of benzene rings is 2. The number of aryl methyl sites for hydroxylation is 1. The Bertz CT molecular complexity index is 1320. The molecule has 4 aromatic rings. The van der Waals surface area contributed by atoms with Crippen LogP contribution in [0.4, 0.5) is 24.3 Å². The van der Waals surface area contributed by atoms with Crippen molar-refractivity contribution < 1.29 is 32.5 Å². The minimum Gasteiger partial charge on any atom is -0.406 e. The first kappa shape index (κ1) is 23.7. The van der Waals surface area contributed by atoms with Gasteiger partial charge < -0.3 is 29.8 Å². The number of amides is 1. The van der Waals surface area contributed by atoms with E-state index >= 15 is 0 Å². The molecule has 13 heteroatoms. The van der Waals surface area contributed by atoms with Crippen LogP contribution in [-0.2, 0) is 11.8 Å². The first-order chi connectivity index (χ1) is 16.2. The maximum Gasteiger partial charge on any atom is 0.573 e. The lowest BCUT2D eigenvalue weighted by atomic mass is 10.2. The maximum absolute atomic E-state index is 12.5. The lowest BCUT2D eigenvalue weighted by molar-refractivity contribution is -0.274. The molecule has 0 bridgehead atoms. The van der Waals surface area contributed by atoms with Gasteiger partial charge in [-0.2, -0.15) is 0 Å². The third-order valence-electron chi connectivity index (χ3n) is 4.72. The number of hydrogen-bond donors (Lipinski definition) is 3. The Hall–Kier alpha value is -3.42. The minimum atomic E-state index is -4.77. The average Bonchev–Trinajstić information content (AvgIpc) is 3.32. The number of anilines is 2. The number of aromatic nitrogens is 3. The first-order valence-electron chi connectivity index (χ1n) is 10.1. The van der Waals surface area contributed by atoms with Gasteiger partial charge in [0.2, 0.25) is 5.95 Å². The van der Waals surface area contributed by atoms with Gasteiger partial charge in [0.25, 0.3) is 5.91 Å². The molecule has 0 radical (unpaired) electrons. The van der Waals surface area contributed by atoms with Crippen molar-refractivity contribution >= 4 is 49.6 Å². The van der Waals surface area contributed by atoms with E-state index in [1.165, 1.54) is 18.2 Å². The quantitative estimate of drug-likeness (QED) is 0.305. The second kappa shape index (κ2) is 9.83. The highest BCUT2D eigenvalue weighted by Gasteiger charge is 2.31. The van der Waals surface area contributed by atoms with Crippen molar-refractivity contribution in [3.8, 4) is 5.75 Å². The summed E-state index contributed by atoms with van der Waals surface area (Å²) >= 11 is 1.16. The topological polar surface area (TPSA) is 111 Å². The van der Waals surface area contributed by atoms with Gasteiger partial charge in [-0.05, 0) is 30.3 Å². The van der Waals surface area contributed by atoms with Gasteiger partial charge in [-0.25, -0.2) is 9.97 Å². The molecular weight excluding hydrogens is 475 g/mol. The van der Waals surface area contributed by atoms with E-state index in [9.17, 15) is 18.0 Å². The van der Waals surface area contributed by atoms with Crippen molar-refractivity contribution in [3.05, 3.63) is 42.0 Å². The van der Waals surface area contributed by atoms with Crippen LogP contribution in [0, 0.1) is 0 Å². The Labute approximate surface area is 195 Å². The van der Waals surface area contributed by atoms with Crippen LogP contribution in [0.2, 0.25) is 0 Å². The lowest BCUT2D eigenvalue weighted by Crippen LogP contribution is -2.27. The van der Waals surface area contributed by atoms with Gasteiger partial charge in [-0.1, -0.05) is 11.3 Å². The van der Waals surface area contributed by atoms with E-state index in [4.69, 9.17) is 9.84 Å². The fraction of sp³-hybridized carbons (Fsp3) is 0.286. The summed E-state index contributed by atoms with van der Waals surface area (Å²) in [5.74, 6) is -0.132. The zero-order valence-electron chi connectivity index (χ0n) is 17.8. The standard InChI is InChI=1S/C21H20F3N5O4S/c1-29-16-10-12(18(31)25-6-8-32-9-7-30)2-4-14(16)26-19(29)28-20-27-15-5-3-13(11-17(15)34-20)33-21(22,23)24/h2-5,10-11,30H,6-9H2,1H3,(H,25,31)(H,26,27,28). The number of imidazole rings is 1. The third-order valence-corrected chi connectivity index (χ3v) is 5.66. The molecule has 0 saturated carbocycles. The van der Waals surface area contributed by atoms with Crippen molar-refractivity contribution in [1.82, 2.24) is 19.9 Å². The number of ether oxygens (including phenoxy) is 2. The smallest absolute Gasteiger partial charge is 0.406 e. The lowest BCUT2D eigenvalue weighted by Gasteiger charge is -2.07. The zero-order chi connectivity index (χ0) is 24.3. The largest absolute Gasteiger partial charge is 0.573 e. The Morgan fingerprint density at radius 1 is 1.15 bits per heavy atom. The van der Waals surface area contributed by atoms with Gasteiger partial charge in [0.15, 0.2) is 5.13 Å². The summed E-state index contributed by atoms with van der Waals surface area (Å²) in [6.45, 7) is 0.735. The number of carbonyl (C=O) groups is 1. The highest BCUT2D eigenvalue weighted by atomic mass is 32.1. The molecule has 1 amide bonds. The normalized spacial score (nSPS) is 11.8. The molecule has 0 saturated heterocycles. The minimum absolute atomic E-state index is 0.0774. The average molecular weight is 495 g/mol. The molecule has 0 fully saturated rings. The van der Waals surface area contributed by atoms with E-state index in [2.05, 4.69) is 25.3 Å². The van der Waals surface area contributed by atoms with Crippen LogP contribution in [0.3, 0.4) is 0 Å². The second-order valence-electron chi connectivity index (χ2n) is 7.11. The Balaban J connectivity index is 1.49. The van der Waals surface area contributed by atoms with Crippen LogP contribution in [0.1, 0.15) is 10.4 Å². The summed E-state index contributed by atoms with van der Waals surface area (Å²) in [5, 5.41) is 15.0. The molecule has 0 aliphatic heterocycles. The number of halogens is 3. The highest BCUT2D eigenvalue weighted by molar-refractivity contribution is 7.22. The van der Waals surface area contributed by atoms with Gasteiger partial charge in [-0.3, -0.25) is 4.79 Å². The van der Waals surface area contributed by atoms with Crippen LogP contribution in [-0.4, -0.2) is 58.3 Å². The number of nitrogens with one attached hydrogen (secondary N) is 2. The Morgan fingerprint density at radius 2 is 1.94 bits per heavy atom. The number of carbonyl (C=O) groups excluding carboxylic acids is 1. The van der Waals surface area contributed by atoms with Crippen LogP contribution < -0.4 is 15.4 Å². The molecule has 0 atom stereocenters. The number of nitrogens with zero attached hydrogens (tertiary/aromatic N) is 3. The molecule has 0 spiro atoms. The molecular formula is C21H20F3N5O4S. The van der Waals surface area contributed by atoms with Gasteiger partial charge >= 0.3 is 6.36 Å². The third kappa shape index (κ3) is 5.55. The van der Waals surface area contributed by atoms with Gasteiger partial charge in [0, 0.05) is 25.2 Å². The summed E-state index contributed by atoms with van der Waals surface area (Å²) < 4.78 is 48.8. The Morgan fingerprint density at radius 3 is 2.71 bits per heavy atom. The molecule has 0 aliphatic rings. The van der Waals surface area contributed by atoms with Crippen molar-refractivity contribution in [2.24, 2.45) is 7.05 Å². The summed E-state index contributed by atoms with van der Waals surface area (Å²) in [5.41, 5.74) is 2.31. The first-order valence-corrected chi connectivity index (χ1v) is 10.9. The van der Waals surface area contributed by atoms with Crippen LogP contribution in [0.25, 0.3) is 21.3 Å². The number of thiazole rings is 1. The van der Waals surface area contributed by atoms with E-state index < -0.39 is 6.36 Å². The predicted octanol–water partition coefficient (Wildman–Crippen LogP) is 3.56. The summed E-state index contributed by atoms with van der Waals surface area (Å²) in [6.07, 6.45) is -4.77. The number of rotatable bonds is 9. The van der Waals surface area contributed by atoms with Crippen molar-refractivity contribution in [2.45, 2.75) is 6.36 Å². The van der Waals surface area contributed by atoms with Gasteiger partial charge in [0.1, 0.15) is 5.75 Å². The van der Waals surface area contributed by atoms with Crippen molar-refractivity contribution in [1.29, 1.82) is 0 Å². The summed E-state index contributed by atoms with van der Waals surface area (Å²) in [6, 6.07) is 9.02. The SMILES string of the molecule is Cn1c(Nc2nc3ccc(OC(F)(F)F)cc3s2)nc2ccc(C(=O)NCCOCCO)cc21. The molecule has 3 N–H and O–H groups in total. The number of fused-ring (bicyclic) bond motifs is 2. The number of aliphatic hydroxyl groups excluding tert-OH is 1. The summed E-state index contributed by atoms with van der Waals surface area (Å²) in [4.78, 5) is 21.3. The molecule has 2 aromatic heterocycles. The van der Waals surface area contributed by atoms with Crippen molar-refractivity contribution in [2.75, 3.05) is 31.7 Å². The van der Waals surface area contributed by atoms with Crippen LogP contribution >= 0.6 is 11.3 Å². The fourth-order valence-electron chi connectivity index (χ4n) is 3.20. The summed E-state index contributed by atoms with van der Waals surface area (Å²) in [7, 11) is 1.77. The molecule has 34 heavy (non-hydrogen) atoms. The maximum atomic E-state index is 12.5. The predicted molar refractivity (Wildman–Crippen MR) is 121 cm³/mol. The monoisotopic (exact) mass is 495 g/mol. The number of aliphatic hydroxyl groups is 1. The number of hydrogen-bond acceptors (Lipinski definition) is 8. The van der Waals surface area contributed by atoms with Crippen molar-refractivity contribution in [3.63, 3.8) is 0 Å². The van der Waals surface area contributed by atoms with Gasteiger partial charge in [0.05, 0.1) is 41.1 Å². The van der Waals surface area contributed by atoms with Crippen LogP contribution in [0.15, 0.2) is 36.4 Å². The highest BCUT2D eigenvalue weighted by Crippen LogP contribution is 2.33. The Kier molecular flexibility index (Phi) is 6.86. The molecule has 4 rings (SSSR count). The zero-order valence-corrected chi connectivity index (χ0v) is 18.7. The second-order valence-corrected chi connectivity index (χ2v) is 8.14. The fourth-order valence-corrected chi connectivity index (χ4v) is 4.09. The van der Waals surface area contributed by atoms with E-state index in [0.29, 0.717) is 51.0 Å².